The standard InChI is InChI=1S/C18H17NO5/c20-16-9-5-4-6-13(16)12-19-15(18(22)23)10-11-17(21)24-14-7-2-1-3-8-14/h1-9,12,15,20H,10-11H2,(H,22,23). The lowest BCUT2D eigenvalue weighted by Crippen LogP contribution is -2.20. The van der Waals surface area contributed by atoms with Gasteiger partial charge < -0.3 is 14.9 Å². The summed E-state index contributed by atoms with van der Waals surface area (Å²) in [7, 11) is 0. The zero-order valence-corrected chi connectivity index (χ0v) is 12.8. The molecule has 2 N–H and O–H groups in total. The van der Waals surface area contributed by atoms with Gasteiger partial charge in [0.1, 0.15) is 17.5 Å². The van der Waals surface area contributed by atoms with E-state index >= 15 is 0 Å². The fraction of sp³-hybridized carbons (Fsp3) is 0.167. The zero-order chi connectivity index (χ0) is 17.4. The maximum atomic E-state index is 11.8. The van der Waals surface area contributed by atoms with Gasteiger partial charge in [-0.05, 0) is 30.7 Å². The highest BCUT2D eigenvalue weighted by molar-refractivity contribution is 5.86. The lowest BCUT2D eigenvalue weighted by molar-refractivity contribution is -0.139. The lowest BCUT2D eigenvalue weighted by atomic mass is 10.1. The van der Waals surface area contributed by atoms with Crippen LogP contribution in [0.15, 0.2) is 59.6 Å². The van der Waals surface area contributed by atoms with Gasteiger partial charge >= 0.3 is 11.9 Å². The van der Waals surface area contributed by atoms with E-state index in [-0.39, 0.29) is 18.6 Å². The number of carbonyl (C=O) groups is 2. The third-order valence-corrected chi connectivity index (χ3v) is 3.21. The van der Waals surface area contributed by atoms with E-state index in [0.717, 1.165) is 0 Å². The van der Waals surface area contributed by atoms with Crippen LogP contribution in [-0.2, 0) is 9.59 Å². The monoisotopic (exact) mass is 327 g/mol. The van der Waals surface area contributed by atoms with Gasteiger partial charge in [0.2, 0.25) is 0 Å². The molecule has 1 unspecified atom stereocenters. The predicted molar refractivity (Wildman–Crippen MR) is 88.4 cm³/mol. The van der Waals surface area contributed by atoms with E-state index in [2.05, 4.69) is 4.99 Å². The number of phenolic OH excluding ortho intramolecular Hbond substituents is 1. The molecule has 0 aliphatic carbocycles. The minimum absolute atomic E-state index is 0.00506. The van der Waals surface area contributed by atoms with Crippen molar-refractivity contribution in [3.63, 3.8) is 0 Å². The van der Waals surface area contributed by atoms with Crippen molar-refractivity contribution in [1.82, 2.24) is 0 Å². The second-order valence-electron chi connectivity index (χ2n) is 5.02. The molecule has 6 heteroatoms. The SMILES string of the molecule is O=C(CCC(N=Cc1ccccc1O)C(=O)O)Oc1ccccc1. The molecule has 0 aliphatic heterocycles. The number of ether oxygens (including phenoxy) is 1. The van der Waals surface area contributed by atoms with E-state index in [1.807, 2.05) is 0 Å². The van der Waals surface area contributed by atoms with Gasteiger partial charge in [-0.25, -0.2) is 4.79 Å². The molecular weight excluding hydrogens is 310 g/mol. The second-order valence-corrected chi connectivity index (χ2v) is 5.02. The minimum atomic E-state index is -1.14. The number of hydrogen-bond donors (Lipinski definition) is 2. The molecule has 0 saturated heterocycles. The summed E-state index contributed by atoms with van der Waals surface area (Å²) in [4.78, 5) is 26.9. The van der Waals surface area contributed by atoms with Crippen LogP contribution in [-0.4, -0.2) is 34.4 Å². The van der Waals surface area contributed by atoms with Crippen LogP contribution in [0.4, 0.5) is 0 Å². The van der Waals surface area contributed by atoms with Gasteiger partial charge in [0.05, 0.1) is 0 Å². The van der Waals surface area contributed by atoms with Crippen LogP contribution in [0.5, 0.6) is 11.5 Å². The Hall–Kier alpha value is -3.15. The van der Waals surface area contributed by atoms with Crippen LogP contribution in [0.2, 0.25) is 0 Å². The molecule has 2 aromatic rings. The van der Waals surface area contributed by atoms with Crippen molar-refractivity contribution in [2.75, 3.05) is 0 Å². The first-order valence-corrected chi connectivity index (χ1v) is 7.36. The number of carboxylic acids is 1. The van der Waals surface area contributed by atoms with Gasteiger partial charge in [0.25, 0.3) is 0 Å². The van der Waals surface area contributed by atoms with Crippen LogP contribution in [0.1, 0.15) is 18.4 Å². The second kappa shape index (κ2) is 8.47. The molecule has 2 aromatic carbocycles. The van der Waals surface area contributed by atoms with E-state index in [1.54, 1.807) is 48.5 Å². The van der Waals surface area contributed by atoms with Crippen LogP contribution in [0.25, 0.3) is 0 Å². The zero-order valence-electron chi connectivity index (χ0n) is 12.8. The summed E-state index contributed by atoms with van der Waals surface area (Å²) < 4.78 is 5.10. The van der Waals surface area contributed by atoms with Crippen LogP contribution in [0.3, 0.4) is 0 Å². The third kappa shape index (κ3) is 5.24. The molecule has 0 saturated carbocycles. The Bertz CT molecular complexity index is 727. The van der Waals surface area contributed by atoms with E-state index in [0.29, 0.717) is 11.3 Å². The number of aromatic hydroxyl groups is 1. The summed E-state index contributed by atoms with van der Waals surface area (Å²) in [5.74, 6) is -1.25. The first kappa shape index (κ1) is 17.2. The molecule has 0 fully saturated rings. The predicted octanol–water partition coefficient (Wildman–Crippen LogP) is 2.65. The first-order valence-electron chi connectivity index (χ1n) is 7.36. The Morgan fingerprint density at radius 1 is 1.08 bits per heavy atom. The largest absolute Gasteiger partial charge is 0.507 e. The third-order valence-electron chi connectivity index (χ3n) is 3.21. The molecule has 124 valence electrons. The number of carbonyl (C=O) groups excluding carboxylic acids is 1. The maximum absolute atomic E-state index is 11.8. The Kier molecular flexibility index (Phi) is 6.08. The number of phenols is 1. The lowest BCUT2D eigenvalue weighted by Gasteiger charge is -2.08. The maximum Gasteiger partial charge on any atom is 0.328 e. The molecule has 0 heterocycles. The summed E-state index contributed by atoms with van der Waals surface area (Å²) in [5.41, 5.74) is 0.413. The summed E-state index contributed by atoms with van der Waals surface area (Å²) >= 11 is 0. The molecule has 24 heavy (non-hydrogen) atoms. The van der Waals surface area contributed by atoms with Gasteiger partial charge in [-0.2, -0.15) is 0 Å². The normalized spacial score (nSPS) is 12.0. The fourth-order valence-corrected chi connectivity index (χ4v) is 1.95. The molecule has 6 nitrogen and oxygen atoms in total. The van der Waals surface area contributed by atoms with Crippen molar-refractivity contribution in [2.24, 2.45) is 4.99 Å². The van der Waals surface area contributed by atoms with Crippen molar-refractivity contribution < 1.29 is 24.5 Å². The Balaban J connectivity index is 1.93. The average molecular weight is 327 g/mol. The summed E-state index contributed by atoms with van der Waals surface area (Å²) in [5, 5.41) is 18.8. The van der Waals surface area contributed by atoms with Gasteiger partial charge in [-0.1, -0.05) is 30.3 Å². The highest BCUT2D eigenvalue weighted by atomic mass is 16.5. The number of para-hydroxylation sites is 2. The molecule has 0 amide bonds. The summed E-state index contributed by atoms with van der Waals surface area (Å²) in [6.45, 7) is 0. The van der Waals surface area contributed by atoms with Gasteiger partial charge in [0.15, 0.2) is 0 Å². The number of nitrogens with zero attached hydrogens (tertiary/aromatic N) is 1. The molecule has 1 atom stereocenters. The first-order chi connectivity index (χ1) is 11.6. The number of rotatable bonds is 7. The Labute approximate surface area is 139 Å². The van der Waals surface area contributed by atoms with Crippen molar-refractivity contribution in [3.05, 3.63) is 60.2 Å². The summed E-state index contributed by atoms with van der Waals surface area (Å²) in [6, 6.07) is 13.9. The van der Waals surface area contributed by atoms with E-state index in [1.165, 1.54) is 12.3 Å². The minimum Gasteiger partial charge on any atom is -0.507 e. The fourth-order valence-electron chi connectivity index (χ4n) is 1.95. The molecule has 0 bridgehead atoms. The topological polar surface area (TPSA) is 96.2 Å². The Morgan fingerprint density at radius 3 is 2.42 bits per heavy atom. The average Bonchev–Trinajstić information content (AvgIpc) is 2.57. The van der Waals surface area contributed by atoms with Crippen LogP contribution in [0, 0.1) is 0 Å². The Morgan fingerprint density at radius 2 is 1.75 bits per heavy atom. The highest BCUT2D eigenvalue weighted by Crippen LogP contribution is 2.14. The number of benzene rings is 2. The van der Waals surface area contributed by atoms with Gasteiger partial charge in [0, 0.05) is 18.2 Å². The molecular formula is C18H17NO5. The molecule has 0 spiro atoms. The quantitative estimate of drug-likeness (QED) is 0.463. The summed E-state index contributed by atoms with van der Waals surface area (Å²) in [6.07, 6.45) is 1.21. The number of aliphatic imine (C=N–C) groups is 1. The van der Waals surface area contributed by atoms with Crippen molar-refractivity contribution >= 4 is 18.2 Å². The van der Waals surface area contributed by atoms with Gasteiger partial charge in [-0.3, -0.25) is 9.79 Å². The van der Waals surface area contributed by atoms with Gasteiger partial charge in [-0.15, -0.1) is 0 Å². The highest BCUT2D eigenvalue weighted by Gasteiger charge is 2.18. The van der Waals surface area contributed by atoms with Crippen LogP contribution >= 0.6 is 0 Å². The molecule has 0 aromatic heterocycles. The smallest absolute Gasteiger partial charge is 0.328 e. The molecule has 0 radical (unpaired) electrons. The number of aliphatic carboxylic acids is 1. The molecule has 2 rings (SSSR count). The number of hydrogen-bond acceptors (Lipinski definition) is 5. The number of esters is 1. The van der Waals surface area contributed by atoms with Crippen molar-refractivity contribution in [2.45, 2.75) is 18.9 Å². The van der Waals surface area contributed by atoms with Crippen molar-refractivity contribution in [3.8, 4) is 11.5 Å². The van der Waals surface area contributed by atoms with E-state index in [9.17, 15) is 19.8 Å². The molecule has 0 aliphatic rings. The number of carboxylic acid groups (broad SMARTS) is 1. The van der Waals surface area contributed by atoms with Crippen LogP contribution < -0.4 is 4.74 Å². The van der Waals surface area contributed by atoms with Crippen molar-refractivity contribution in [1.29, 1.82) is 0 Å². The van der Waals surface area contributed by atoms with E-state index in [4.69, 9.17) is 4.74 Å². The van der Waals surface area contributed by atoms with E-state index < -0.39 is 18.0 Å².